The van der Waals surface area contributed by atoms with Gasteiger partial charge in [0.15, 0.2) is 0 Å². The number of hydrogen-bond acceptors (Lipinski definition) is 3. The average Bonchev–Trinajstić information content (AvgIpc) is 2.78. The monoisotopic (exact) mass is 189 g/mol. The van der Waals surface area contributed by atoms with Gasteiger partial charge in [-0.1, -0.05) is 6.07 Å². The lowest BCUT2D eigenvalue weighted by Crippen LogP contribution is -2.47. The van der Waals surface area contributed by atoms with Gasteiger partial charge in [-0.05, 0) is 30.9 Å². The van der Waals surface area contributed by atoms with Crippen LogP contribution in [0.4, 0.5) is 5.82 Å². The molecule has 3 aliphatic rings. The highest BCUT2D eigenvalue weighted by Crippen LogP contribution is 2.35. The molecule has 3 nitrogen and oxygen atoms in total. The molecule has 1 aromatic rings. The maximum atomic E-state index is 4.36. The SMILES string of the molecule is Cc1ccc(NC2C3CNC2C3)nc1. The first-order chi connectivity index (χ1) is 6.83. The van der Waals surface area contributed by atoms with Gasteiger partial charge in [0, 0.05) is 24.8 Å². The highest BCUT2D eigenvalue weighted by Gasteiger charge is 2.46. The largest absolute Gasteiger partial charge is 0.365 e. The van der Waals surface area contributed by atoms with Crippen molar-refractivity contribution in [2.75, 3.05) is 11.9 Å². The average molecular weight is 189 g/mol. The summed E-state index contributed by atoms with van der Waals surface area (Å²) in [6.07, 6.45) is 3.25. The Hall–Kier alpha value is -1.09. The summed E-state index contributed by atoms with van der Waals surface area (Å²) in [6.45, 7) is 3.24. The van der Waals surface area contributed by atoms with E-state index in [1.165, 1.54) is 18.5 Å². The Morgan fingerprint density at radius 1 is 1.50 bits per heavy atom. The summed E-state index contributed by atoms with van der Waals surface area (Å²) in [4.78, 5) is 4.36. The molecule has 2 N–H and O–H groups in total. The van der Waals surface area contributed by atoms with Gasteiger partial charge in [0.05, 0.1) is 0 Å². The first-order valence-corrected chi connectivity index (χ1v) is 5.25. The fourth-order valence-electron chi connectivity index (χ4n) is 2.42. The molecule has 2 aliphatic heterocycles. The van der Waals surface area contributed by atoms with Gasteiger partial charge in [0.1, 0.15) is 5.82 Å². The number of rotatable bonds is 2. The van der Waals surface area contributed by atoms with E-state index in [-0.39, 0.29) is 0 Å². The molecule has 2 bridgehead atoms. The van der Waals surface area contributed by atoms with Crippen molar-refractivity contribution in [3.8, 4) is 0 Å². The van der Waals surface area contributed by atoms with Gasteiger partial charge in [0.25, 0.3) is 0 Å². The van der Waals surface area contributed by atoms with E-state index in [9.17, 15) is 0 Å². The van der Waals surface area contributed by atoms with Crippen molar-refractivity contribution in [2.24, 2.45) is 5.92 Å². The van der Waals surface area contributed by atoms with E-state index in [0.29, 0.717) is 12.1 Å². The molecule has 4 rings (SSSR count). The van der Waals surface area contributed by atoms with E-state index < -0.39 is 0 Å². The summed E-state index contributed by atoms with van der Waals surface area (Å²) in [5, 5.41) is 6.98. The van der Waals surface area contributed by atoms with Crippen molar-refractivity contribution < 1.29 is 0 Å². The molecule has 0 amide bonds. The Kier molecular flexibility index (Phi) is 1.74. The Labute approximate surface area is 83.9 Å². The highest BCUT2D eigenvalue weighted by molar-refractivity contribution is 5.39. The van der Waals surface area contributed by atoms with E-state index in [2.05, 4.69) is 34.7 Å². The molecule has 2 saturated heterocycles. The lowest BCUT2D eigenvalue weighted by Gasteiger charge is -2.35. The minimum absolute atomic E-state index is 0.616. The van der Waals surface area contributed by atoms with E-state index in [1.54, 1.807) is 0 Å². The molecule has 1 aliphatic carbocycles. The second-order valence-electron chi connectivity index (χ2n) is 4.40. The third kappa shape index (κ3) is 1.20. The van der Waals surface area contributed by atoms with Crippen molar-refractivity contribution in [1.82, 2.24) is 10.3 Å². The summed E-state index contributed by atoms with van der Waals surface area (Å²) in [5.41, 5.74) is 1.21. The molecule has 1 saturated carbocycles. The summed E-state index contributed by atoms with van der Waals surface area (Å²) in [6, 6.07) is 5.46. The second kappa shape index (κ2) is 2.95. The van der Waals surface area contributed by atoms with Crippen LogP contribution in [0.1, 0.15) is 12.0 Å². The van der Waals surface area contributed by atoms with Crippen LogP contribution in [0.2, 0.25) is 0 Å². The fraction of sp³-hybridized carbons (Fsp3) is 0.545. The van der Waals surface area contributed by atoms with Crippen molar-refractivity contribution in [1.29, 1.82) is 0 Å². The van der Waals surface area contributed by atoms with Crippen LogP contribution in [0.3, 0.4) is 0 Å². The Morgan fingerprint density at radius 3 is 3.00 bits per heavy atom. The van der Waals surface area contributed by atoms with Crippen LogP contribution in [0.15, 0.2) is 18.3 Å². The number of nitrogens with one attached hydrogen (secondary N) is 2. The predicted molar refractivity (Wildman–Crippen MR) is 56.3 cm³/mol. The molecule has 0 aromatic carbocycles. The molecule has 0 spiro atoms. The van der Waals surface area contributed by atoms with E-state index in [4.69, 9.17) is 0 Å². The summed E-state index contributed by atoms with van der Waals surface area (Å²) < 4.78 is 0. The maximum Gasteiger partial charge on any atom is 0.126 e. The van der Waals surface area contributed by atoms with Gasteiger partial charge < -0.3 is 10.6 Å². The lowest BCUT2D eigenvalue weighted by molar-refractivity contribution is 0.326. The standard InChI is InChI=1S/C11H15N3/c1-7-2-3-10(13-5-7)14-11-8-4-9(11)12-6-8/h2-3,5,8-9,11-12H,4,6H2,1H3,(H,13,14). The van der Waals surface area contributed by atoms with E-state index >= 15 is 0 Å². The molecule has 3 atom stereocenters. The zero-order chi connectivity index (χ0) is 9.54. The zero-order valence-electron chi connectivity index (χ0n) is 8.33. The van der Waals surface area contributed by atoms with Crippen molar-refractivity contribution in [3.63, 3.8) is 0 Å². The summed E-state index contributed by atoms with van der Waals surface area (Å²) >= 11 is 0. The van der Waals surface area contributed by atoms with Crippen LogP contribution < -0.4 is 10.6 Å². The maximum absolute atomic E-state index is 4.36. The number of anilines is 1. The quantitative estimate of drug-likeness (QED) is 0.733. The zero-order valence-corrected chi connectivity index (χ0v) is 8.33. The van der Waals surface area contributed by atoms with Crippen molar-refractivity contribution in [3.05, 3.63) is 23.9 Å². The van der Waals surface area contributed by atoms with E-state index in [1.807, 2.05) is 6.20 Å². The molecule has 3 fully saturated rings. The van der Waals surface area contributed by atoms with Gasteiger partial charge in [0.2, 0.25) is 0 Å². The van der Waals surface area contributed by atoms with E-state index in [0.717, 1.165) is 11.7 Å². The number of aromatic nitrogens is 1. The Morgan fingerprint density at radius 2 is 2.43 bits per heavy atom. The summed E-state index contributed by atoms with van der Waals surface area (Å²) in [7, 11) is 0. The number of nitrogens with zero attached hydrogens (tertiary/aromatic N) is 1. The fourth-order valence-corrected chi connectivity index (χ4v) is 2.42. The molecule has 14 heavy (non-hydrogen) atoms. The third-order valence-corrected chi connectivity index (χ3v) is 3.37. The second-order valence-corrected chi connectivity index (χ2v) is 4.40. The smallest absolute Gasteiger partial charge is 0.126 e. The van der Waals surface area contributed by atoms with Crippen LogP contribution in [-0.4, -0.2) is 23.6 Å². The minimum Gasteiger partial charge on any atom is -0.365 e. The molecule has 1 aromatic heterocycles. The topological polar surface area (TPSA) is 37.0 Å². The van der Waals surface area contributed by atoms with Gasteiger partial charge in [-0.3, -0.25) is 0 Å². The molecule has 3 heteroatoms. The van der Waals surface area contributed by atoms with Crippen LogP contribution >= 0.6 is 0 Å². The lowest BCUT2D eigenvalue weighted by atomic mass is 9.80. The third-order valence-electron chi connectivity index (χ3n) is 3.37. The number of fused-ring (bicyclic) bond motifs is 1. The Bertz CT molecular complexity index is 319. The molecular formula is C11H15N3. The van der Waals surface area contributed by atoms with Gasteiger partial charge in [-0.15, -0.1) is 0 Å². The molecule has 74 valence electrons. The molecule has 3 unspecified atom stereocenters. The normalized spacial score (nSPS) is 33.9. The van der Waals surface area contributed by atoms with Gasteiger partial charge >= 0.3 is 0 Å². The predicted octanol–water partition coefficient (Wildman–Crippen LogP) is 1.16. The van der Waals surface area contributed by atoms with Crippen molar-refractivity contribution in [2.45, 2.75) is 25.4 Å². The number of hydrogen-bond donors (Lipinski definition) is 2. The molecule has 0 radical (unpaired) electrons. The first kappa shape index (κ1) is 8.24. The summed E-state index contributed by atoms with van der Waals surface area (Å²) in [5.74, 6) is 1.84. The Balaban J connectivity index is 1.70. The van der Waals surface area contributed by atoms with Crippen LogP contribution in [0, 0.1) is 12.8 Å². The number of aryl methyl sites for hydroxylation is 1. The number of pyridine rings is 1. The molecule has 3 heterocycles. The van der Waals surface area contributed by atoms with Crippen molar-refractivity contribution >= 4 is 5.82 Å². The molecular weight excluding hydrogens is 174 g/mol. The highest BCUT2D eigenvalue weighted by atomic mass is 15.1. The van der Waals surface area contributed by atoms with Crippen LogP contribution in [-0.2, 0) is 0 Å². The minimum atomic E-state index is 0.616. The van der Waals surface area contributed by atoms with Crippen LogP contribution in [0.5, 0.6) is 0 Å². The van der Waals surface area contributed by atoms with Crippen LogP contribution in [0.25, 0.3) is 0 Å². The van der Waals surface area contributed by atoms with Gasteiger partial charge in [-0.2, -0.15) is 0 Å². The first-order valence-electron chi connectivity index (χ1n) is 5.25. The van der Waals surface area contributed by atoms with Gasteiger partial charge in [-0.25, -0.2) is 4.98 Å².